The molecule has 2 rings (SSSR count). The monoisotopic (exact) mass is 254 g/mol. The second kappa shape index (κ2) is 5.46. The number of thiazole rings is 1. The summed E-state index contributed by atoms with van der Waals surface area (Å²) in [6.07, 6.45) is 5.51. The van der Waals surface area contributed by atoms with E-state index in [0.717, 1.165) is 36.6 Å². The Hall–Kier alpha value is -0.450. The van der Waals surface area contributed by atoms with Crippen LogP contribution in [0.2, 0.25) is 0 Å². The van der Waals surface area contributed by atoms with E-state index in [1.54, 1.807) is 11.3 Å². The first kappa shape index (κ1) is 13.0. The molecule has 1 heterocycles. The van der Waals surface area contributed by atoms with Gasteiger partial charge in [0.05, 0.1) is 16.3 Å². The van der Waals surface area contributed by atoms with E-state index < -0.39 is 5.60 Å². The summed E-state index contributed by atoms with van der Waals surface area (Å²) >= 11 is 1.69. The predicted molar refractivity (Wildman–Crippen MR) is 71.2 cm³/mol. The largest absolute Gasteiger partial charge is 0.389 e. The second-order valence-corrected chi connectivity index (χ2v) is 6.38. The van der Waals surface area contributed by atoms with Gasteiger partial charge in [0.25, 0.3) is 0 Å². The van der Waals surface area contributed by atoms with Crippen LogP contribution in [0.4, 0.5) is 0 Å². The first-order valence-electron chi connectivity index (χ1n) is 6.39. The van der Waals surface area contributed by atoms with Crippen molar-refractivity contribution in [3.05, 3.63) is 16.1 Å². The molecule has 1 aromatic rings. The van der Waals surface area contributed by atoms with Crippen LogP contribution in [0.25, 0.3) is 0 Å². The molecular weight excluding hydrogens is 232 g/mol. The molecule has 96 valence electrons. The Morgan fingerprint density at radius 1 is 1.41 bits per heavy atom. The van der Waals surface area contributed by atoms with Gasteiger partial charge in [-0.15, -0.1) is 11.3 Å². The minimum Gasteiger partial charge on any atom is -0.389 e. The first-order chi connectivity index (χ1) is 8.07. The SMILES string of the molecule is Cc1nc(CN(C)CC2(O)CCCCC2)cs1. The fourth-order valence-electron chi connectivity index (χ4n) is 2.68. The van der Waals surface area contributed by atoms with Gasteiger partial charge in [-0.25, -0.2) is 4.98 Å². The molecule has 3 nitrogen and oxygen atoms in total. The lowest BCUT2D eigenvalue weighted by Gasteiger charge is -2.35. The third-order valence-corrected chi connectivity index (χ3v) is 4.27. The Morgan fingerprint density at radius 2 is 2.12 bits per heavy atom. The Labute approximate surface area is 107 Å². The van der Waals surface area contributed by atoms with Crippen molar-refractivity contribution in [2.24, 2.45) is 0 Å². The van der Waals surface area contributed by atoms with Crippen LogP contribution in [0, 0.1) is 6.92 Å². The van der Waals surface area contributed by atoms with E-state index in [1.807, 2.05) is 6.92 Å². The van der Waals surface area contributed by atoms with Crippen LogP contribution in [-0.4, -0.2) is 34.2 Å². The fourth-order valence-corrected chi connectivity index (χ4v) is 3.29. The lowest BCUT2D eigenvalue weighted by Crippen LogP contribution is -2.42. The molecule has 0 atom stereocenters. The summed E-state index contributed by atoms with van der Waals surface area (Å²) in [7, 11) is 2.07. The highest BCUT2D eigenvalue weighted by molar-refractivity contribution is 7.09. The topological polar surface area (TPSA) is 36.4 Å². The molecule has 1 fully saturated rings. The van der Waals surface area contributed by atoms with Crippen molar-refractivity contribution in [1.29, 1.82) is 0 Å². The fraction of sp³-hybridized carbons (Fsp3) is 0.769. The van der Waals surface area contributed by atoms with Crippen molar-refractivity contribution in [3.8, 4) is 0 Å². The van der Waals surface area contributed by atoms with Gasteiger partial charge < -0.3 is 5.11 Å². The molecule has 0 radical (unpaired) electrons. The molecule has 0 unspecified atom stereocenters. The molecule has 0 aromatic carbocycles. The zero-order valence-electron chi connectivity index (χ0n) is 10.8. The van der Waals surface area contributed by atoms with E-state index in [4.69, 9.17) is 0 Å². The molecule has 0 saturated heterocycles. The van der Waals surface area contributed by atoms with Crippen LogP contribution in [0.1, 0.15) is 42.8 Å². The normalized spacial score (nSPS) is 19.8. The summed E-state index contributed by atoms with van der Waals surface area (Å²) in [5.74, 6) is 0. The van der Waals surface area contributed by atoms with Crippen molar-refractivity contribution < 1.29 is 5.11 Å². The summed E-state index contributed by atoms with van der Waals surface area (Å²) in [5, 5.41) is 13.7. The van der Waals surface area contributed by atoms with E-state index in [9.17, 15) is 5.11 Å². The van der Waals surface area contributed by atoms with Gasteiger partial charge in [-0.2, -0.15) is 0 Å². The van der Waals surface area contributed by atoms with E-state index >= 15 is 0 Å². The summed E-state index contributed by atoms with van der Waals surface area (Å²) in [6.45, 7) is 3.64. The number of aryl methyl sites for hydroxylation is 1. The van der Waals surface area contributed by atoms with Gasteiger partial charge in [0.1, 0.15) is 0 Å². The van der Waals surface area contributed by atoms with Gasteiger partial charge in [0, 0.05) is 18.5 Å². The second-order valence-electron chi connectivity index (χ2n) is 5.32. The Bertz CT molecular complexity index is 358. The van der Waals surface area contributed by atoms with E-state index in [2.05, 4.69) is 22.3 Å². The summed E-state index contributed by atoms with van der Waals surface area (Å²) < 4.78 is 0. The van der Waals surface area contributed by atoms with Crippen molar-refractivity contribution in [3.63, 3.8) is 0 Å². The maximum atomic E-state index is 10.5. The Balaban J connectivity index is 1.85. The molecule has 0 bridgehead atoms. The number of likely N-dealkylation sites (N-methyl/N-ethyl adjacent to an activating group) is 1. The predicted octanol–water partition coefficient (Wildman–Crippen LogP) is 2.58. The molecule has 4 heteroatoms. The molecule has 1 saturated carbocycles. The lowest BCUT2D eigenvalue weighted by molar-refractivity contribution is -0.0225. The number of aromatic nitrogens is 1. The number of hydrogen-bond donors (Lipinski definition) is 1. The van der Waals surface area contributed by atoms with Gasteiger partial charge in [-0.1, -0.05) is 19.3 Å². The smallest absolute Gasteiger partial charge is 0.0897 e. The highest BCUT2D eigenvalue weighted by Crippen LogP contribution is 2.28. The minimum absolute atomic E-state index is 0.460. The van der Waals surface area contributed by atoms with Gasteiger partial charge >= 0.3 is 0 Å². The summed E-state index contributed by atoms with van der Waals surface area (Å²) in [6, 6.07) is 0. The van der Waals surface area contributed by atoms with Crippen LogP contribution in [0.5, 0.6) is 0 Å². The lowest BCUT2D eigenvalue weighted by atomic mass is 9.84. The Morgan fingerprint density at radius 3 is 2.71 bits per heavy atom. The van der Waals surface area contributed by atoms with Crippen LogP contribution in [-0.2, 0) is 6.54 Å². The van der Waals surface area contributed by atoms with Crippen molar-refractivity contribution in [2.45, 2.75) is 51.2 Å². The van der Waals surface area contributed by atoms with Gasteiger partial charge in [-0.05, 0) is 26.8 Å². The standard InChI is InChI=1S/C13H22N2OS/c1-11-14-12(9-17-11)8-15(2)10-13(16)6-4-3-5-7-13/h9,16H,3-8,10H2,1-2H3. The highest BCUT2D eigenvalue weighted by atomic mass is 32.1. The third kappa shape index (κ3) is 3.76. The minimum atomic E-state index is -0.460. The van der Waals surface area contributed by atoms with E-state index in [1.165, 1.54) is 19.3 Å². The number of rotatable bonds is 4. The van der Waals surface area contributed by atoms with Gasteiger partial charge in [0.2, 0.25) is 0 Å². The quantitative estimate of drug-likeness (QED) is 0.897. The number of nitrogens with zero attached hydrogens (tertiary/aromatic N) is 2. The molecular formula is C13H22N2OS. The number of aliphatic hydroxyl groups is 1. The van der Waals surface area contributed by atoms with Crippen molar-refractivity contribution >= 4 is 11.3 Å². The molecule has 17 heavy (non-hydrogen) atoms. The van der Waals surface area contributed by atoms with Crippen molar-refractivity contribution in [1.82, 2.24) is 9.88 Å². The van der Waals surface area contributed by atoms with Crippen LogP contribution < -0.4 is 0 Å². The average Bonchev–Trinajstić information content (AvgIpc) is 2.63. The third-order valence-electron chi connectivity index (χ3n) is 3.45. The van der Waals surface area contributed by atoms with Crippen LogP contribution >= 0.6 is 11.3 Å². The molecule has 0 spiro atoms. The molecule has 0 amide bonds. The zero-order valence-corrected chi connectivity index (χ0v) is 11.6. The molecule has 0 aliphatic heterocycles. The average molecular weight is 254 g/mol. The molecule has 1 aromatic heterocycles. The Kier molecular flexibility index (Phi) is 4.17. The highest BCUT2D eigenvalue weighted by Gasteiger charge is 2.30. The maximum Gasteiger partial charge on any atom is 0.0897 e. The van der Waals surface area contributed by atoms with Gasteiger partial charge in [-0.3, -0.25) is 4.90 Å². The first-order valence-corrected chi connectivity index (χ1v) is 7.27. The molecule has 1 aliphatic rings. The van der Waals surface area contributed by atoms with E-state index in [-0.39, 0.29) is 0 Å². The van der Waals surface area contributed by atoms with E-state index in [0.29, 0.717) is 0 Å². The van der Waals surface area contributed by atoms with Crippen molar-refractivity contribution in [2.75, 3.05) is 13.6 Å². The summed E-state index contributed by atoms with van der Waals surface area (Å²) in [4.78, 5) is 6.66. The van der Waals surface area contributed by atoms with Crippen LogP contribution in [0.3, 0.4) is 0 Å². The molecule has 1 N–H and O–H groups in total. The maximum absolute atomic E-state index is 10.5. The van der Waals surface area contributed by atoms with Gasteiger partial charge in [0.15, 0.2) is 0 Å². The molecule has 1 aliphatic carbocycles. The zero-order chi connectivity index (χ0) is 12.3. The number of hydrogen-bond acceptors (Lipinski definition) is 4. The van der Waals surface area contributed by atoms with Crippen LogP contribution in [0.15, 0.2) is 5.38 Å². The summed E-state index contributed by atoms with van der Waals surface area (Å²) in [5.41, 5.74) is 0.660.